The molecule has 4 heterocycles. The van der Waals surface area contributed by atoms with E-state index in [1.54, 1.807) is 0 Å². The Bertz CT molecular complexity index is 705. The van der Waals surface area contributed by atoms with Gasteiger partial charge in [-0.1, -0.05) is 18.2 Å². The maximum absolute atomic E-state index is 13.5. The molecule has 0 bridgehead atoms. The first-order chi connectivity index (χ1) is 14.3. The molecule has 0 radical (unpaired) electrons. The first kappa shape index (κ1) is 19.5. The summed E-state index contributed by atoms with van der Waals surface area (Å²) >= 11 is 0. The number of piperidine rings is 1. The van der Waals surface area contributed by atoms with Gasteiger partial charge in [-0.15, -0.1) is 0 Å². The Morgan fingerprint density at radius 1 is 1.10 bits per heavy atom. The summed E-state index contributed by atoms with van der Waals surface area (Å²) in [5.41, 5.74) is 0.962. The van der Waals surface area contributed by atoms with Crippen LogP contribution in [0.15, 0.2) is 30.3 Å². The number of nitrogens with zero attached hydrogens (tertiary/aromatic N) is 2. The number of hydrogen-bond donors (Lipinski definition) is 1. The number of rotatable bonds is 5. The van der Waals surface area contributed by atoms with Crippen molar-refractivity contribution in [1.29, 1.82) is 0 Å². The van der Waals surface area contributed by atoms with Crippen molar-refractivity contribution in [3.63, 3.8) is 0 Å². The van der Waals surface area contributed by atoms with Gasteiger partial charge in [0.25, 0.3) is 0 Å². The van der Waals surface area contributed by atoms with Gasteiger partial charge in [0, 0.05) is 24.4 Å². The van der Waals surface area contributed by atoms with E-state index >= 15 is 0 Å². The van der Waals surface area contributed by atoms with E-state index in [0.29, 0.717) is 6.04 Å². The largest absolute Gasteiger partial charge is 0.378 e. The molecule has 1 aromatic carbocycles. The predicted octanol–water partition coefficient (Wildman–Crippen LogP) is 2.50. The lowest BCUT2D eigenvalue weighted by Gasteiger charge is -2.52. The van der Waals surface area contributed by atoms with Gasteiger partial charge in [-0.25, -0.2) is 0 Å². The van der Waals surface area contributed by atoms with Gasteiger partial charge in [-0.05, 0) is 63.7 Å². The molecule has 1 amide bonds. The predicted molar refractivity (Wildman–Crippen MR) is 112 cm³/mol. The summed E-state index contributed by atoms with van der Waals surface area (Å²) in [5, 5.41) is 3.18. The average molecular weight is 400 g/mol. The van der Waals surface area contributed by atoms with E-state index in [0.717, 1.165) is 64.4 Å². The van der Waals surface area contributed by atoms with Crippen LogP contribution in [-0.4, -0.2) is 78.9 Å². The van der Waals surface area contributed by atoms with Crippen molar-refractivity contribution in [2.24, 2.45) is 0 Å². The zero-order valence-electron chi connectivity index (χ0n) is 17.2. The van der Waals surface area contributed by atoms with Gasteiger partial charge in [-0.3, -0.25) is 14.6 Å². The highest BCUT2D eigenvalue weighted by Crippen LogP contribution is 2.41. The first-order valence-electron chi connectivity index (χ1n) is 11.3. The number of para-hydroxylation sites is 1. The number of hydrogen-bond acceptors (Lipinski definition) is 5. The van der Waals surface area contributed by atoms with E-state index in [1.165, 1.54) is 19.3 Å². The molecule has 158 valence electrons. The van der Waals surface area contributed by atoms with Gasteiger partial charge in [0.1, 0.15) is 6.04 Å². The molecule has 3 atom stereocenters. The molecule has 4 fully saturated rings. The summed E-state index contributed by atoms with van der Waals surface area (Å²) in [5.74, 6) is 0.0912. The minimum absolute atomic E-state index is 0.00361. The maximum atomic E-state index is 13.5. The number of amides is 1. The highest BCUT2D eigenvalue weighted by molar-refractivity contribution is 5.95. The van der Waals surface area contributed by atoms with Crippen molar-refractivity contribution in [2.75, 3.05) is 44.8 Å². The third-order valence-corrected chi connectivity index (χ3v) is 7.33. The van der Waals surface area contributed by atoms with E-state index in [9.17, 15) is 4.79 Å². The zero-order chi connectivity index (χ0) is 19.7. The molecule has 4 saturated heterocycles. The Morgan fingerprint density at radius 2 is 1.90 bits per heavy atom. The molecule has 29 heavy (non-hydrogen) atoms. The van der Waals surface area contributed by atoms with Crippen LogP contribution in [0.5, 0.6) is 0 Å². The van der Waals surface area contributed by atoms with Gasteiger partial charge in [0.05, 0.1) is 25.4 Å². The third-order valence-electron chi connectivity index (χ3n) is 7.33. The quantitative estimate of drug-likeness (QED) is 0.825. The van der Waals surface area contributed by atoms with E-state index in [4.69, 9.17) is 9.47 Å². The van der Waals surface area contributed by atoms with Crippen molar-refractivity contribution in [3.8, 4) is 0 Å². The van der Waals surface area contributed by atoms with Crippen molar-refractivity contribution in [2.45, 2.75) is 62.3 Å². The normalized spacial score (nSPS) is 32.3. The van der Waals surface area contributed by atoms with Crippen molar-refractivity contribution in [1.82, 2.24) is 9.80 Å². The van der Waals surface area contributed by atoms with Crippen LogP contribution in [0.4, 0.5) is 5.69 Å². The Kier molecular flexibility index (Phi) is 5.61. The van der Waals surface area contributed by atoms with Gasteiger partial charge >= 0.3 is 0 Å². The van der Waals surface area contributed by atoms with E-state index in [1.807, 2.05) is 30.3 Å². The van der Waals surface area contributed by atoms with Crippen LogP contribution in [0.2, 0.25) is 0 Å². The summed E-state index contributed by atoms with van der Waals surface area (Å²) in [7, 11) is 0. The Labute approximate surface area is 173 Å². The van der Waals surface area contributed by atoms with Gasteiger partial charge in [-0.2, -0.15) is 0 Å². The SMILES string of the molecule is O=C(Nc1ccccc1)[C@@H]([C@@H]1CCCO1)N1CCC[C@]12CCCN(C1COC1)C2. The lowest BCUT2D eigenvalue weighted by Crippen LogP contribution is -2.65. The molecule has 4 aliphatic heterocycles. The van der Waals surface area contributed by atoms with Gasteiger partial charge in [0.2, 0.25) is 5.91 Å². The fraction of sp³-hybridized carbons (Fsp3) is 0.696. The molecule has 6 nitrogen and oxygen atoms in total. The molecular weight excluding hydrogens is 366 g/mol. The second-order valence-corrected chi connectivity index (χ2v) is 9.14. The molecule has 0 aliphatic carbocycles. The number of likely N-dealkylation sites (tertiary alicyclic amines) is 2. The Balaban J connectivity index is 1.39. The lowest BCUT2D eigenvalue weighted by molar-refractivity contribution is -0.134. The number of carbonyl (C=O) groups excluding carboxylic acids is 1. The van der Waals surface area contributed by atoms with Crippen LogP contribution in [0.3, 0.4) is 0 Å². The minimum Gasteiger partial charge on any atom is -0.378 e. The van der Waals surface area contributed by atoms with Crippen LogP contribution in [0.25, 0.3) is 0 Å². The summed E-state index contributed by atoms with van der Waals surface area (Å²) in [6.45, 7) is 5.70. The Hall–Kier alpha value is -1.47. The highest BCUT2D eigenvalue weighted by atomic mass is 16.5. The van der Waals surface area contributed by atoms with Crippen LogP contribution in [0.1, 0.15) is 38.5 Å². The number of ether oxygens (including phenoxy) is 2. The van der Waals surface area contributed by atoms with Crippen molar-refractivity contribution < 1.29 is 14.3 Å². The van der Waals surface area contributed by atoms with Crippen LogP contribution >= 0.6 is 0 Å². The molecular formula is C23H33N3O3. The zero-order valence-corrected chi connectivity index (χ0v) is 17.2. The van der Waals surface area contributed by atoms with Crippen molar-refractivity contribution >= 4 is 11.6 Å². The number of carbonyl (C=O) groups is 1. The first-order valence-corrected chi connectivity index (χ1v) is 11.3. The minimum atomic E-state index is -0.210. The lowest BCUT2D eigenvalue weighted by atomic mass is 9.84. The summed E-state index contributed by atoms with van der Waals surface area (Å²) in [4.78, 5) is 18.7. The molecule has 1 spiro atoms. The molecule has 4 aliphatic rings. The Morgan fingerprint density at radius 3 is 2.59 bits per heavy atom. The number of anilines is 1. The highest BCUT2D eigenvalue weighted by Gasteiger charge is 2.51. The summed E-state index contributed by atoms with van der Waals surface area (Å²) in [6, 6.07) is 10.2. The smallest absolute Gasteiger partial charge is 0.244 e. The fourth-order valence-corrected chi connectivity index (χ4v) is 5.83. The van der Waals surface area contributed by atoms with Gasteiger partial charge in [0.15, 0.2) is 0 Å². The standard InChI is InChI=1S/C23H33N3O3/c27-22(24-18-7-2-1-3-8-18)21(20-9-4-14-29-20)26-13-6-11-23(26)10-5-12-25(17-23)19-15-28-16-19/h1-3,7-8,19-21H,4-6,9-17H2,(H,24,27)/t20-,21+,23-/m0/s1. The summed E-state index contributed by atoms with van der Waals surface area (Å²) < 4.78 is 11.6. The molecule has 0 unspecified atom stereocenters. The topological polar surface area (TPSA) is 54.0 Å². The van der Waals surface area contributed by atoms with Crippen LogP contribution in [-0.2, 0) is 14.3 Å². The number of nitrogens with one attached hydrogen (secondary N) is 1. The van der Waals surface area contributed by atoms with E-state index in [2.05, 4.69) is 15.1 Å². The van der Waals surface area contributed by atoms with E-state index in [-0.39, 0.29) is 23.6 Å². The van der Waals surface area contributed by atoms with Crippen molar-refractivity contribution in [3.05, 3.63) is 30.3 Å². The third kappa shape index (κ3) is 3.83. The molecule has 6 heteroatoms. The molecule has 0 aromatic heterocycles. The fourth-order valence-electron chi connectivity index (χ4n) is 5.83. The summed E-state index contributed by atoms with van der Waals surface area (Å²) in [6.07, 6.45) is 6.74. The second kappa shape index (κ2) is 8.34. The van der Waals surface area contributed by atoms with Gasteiger partial charge < -0.3 is 14.8 Å². The molecule has 1 N–H and O–H groups in total. The van der Waals surface area contributed by atoms with Crippen LogP contribution < -0.4 is 5.32 Å². The monoisotopic (exact) mass is 399 g/mol. The van der Waals surface area contributed by atoms with E-state index < -0.39 is 0 Å². The maximum Gasteiger partial charge on any atom is 0.244 e. The molecule has 5 rings (SSSR count). The molecule has 1 aromatic rings. The number of benzene rings is 1. The second-order valence-electron chi connectivity index (χ2n) is 9.14. The molecule has 0 saturated carbocycles. The average Bonchev–Trinajstić information content (AvgIpc) is 3.33. The van der Waals surface area contributed by atoms with Crippen LogP contribution in [0, 0.1) is 0 Å².